The smallest absolute Gasteiger partial charge is 0.350 e. The van der Waals surface area contributed by atoms with Gasteiger partial charge in [-0.15, -0.1) is 0 Å². The Kier molecular flexibility index (Phi) is 7.52. The van der Waals surface area contributed by atoms with Gasteiger partial charge in [-0.3, -0.25) is 18.9 Å². The third-order valence-corrected chi connectivity index (χ3v) is 7.49. The van der Waals surface area contributed by atoms with Gasteiger partial charge in [0.25, 0.3) is 0 Å². The predicted molar refractivity (Wildman–Crippen MR) is 132 cm³/mol. The van der Waals surface area contributed by atoms with Gasteiger partial charge in [0.05, 0.1) is 22.4 Å². The lowest BCUT2D eigenvalue weighted by atomic mass is 10.1. The van der Waals surface area contributed by atoms with E-state index in [2.05, 4.69) is 5.32 Å². The summed E-state index contributed by atoms with van der Waals surface area (Å²) >= 11 is 5.76. The van der Waals surface area contributed by atoms with Crippen molar-refractivity contribution in [2.75, 3.05) is 6.54 Å². The standard InChI is InChI=1S/C24H23ClF2N3O6P/c1-13(31)18-11-29(20-8-16(37(34,35)36)5-6-17(18)20)12-22(32)30-10-15(26)7-21(30)24(33)28-9-14-3-2-4-19(25)23(14)27/h2-6,8,11,15,21H,7,9-10,12H2,1H3,(H,28,33)(H2,34,35,36)/t15-,21?/m1/s1. The van der Waals surface area contributed by atoms with Crippen molar-refractivity contribution in [1.29, 1.82) is 0 Å². The molecule has 196 valence electrons. The Bertz CT molecular complexity index is 1460. The zero-order chi connectivity index (χ0) is 27.1. The van der Waals surface area contributed by atoms with Crippen LogP contribution in [0.15, 0.2) is 42.6 Å². The number of halogens is 3. The molecule has 0 spiro atoms. The van der Waals surface area contributed by atoms with Gasteiger partial charge in [-0.2, -0.15) is 0 Å². The summed E-state index contributed by atoms with van der Waals surface area (Å²) in [5, 5.41) is 2.50. The van der Waals surface area contributed by atoms with Crippen molar-refractivity contribution < 1.29 is 37.5 Å². The number of fused-ring (bicyclic) bond motifs is 1. The largest absolute Gasteiger partial charge is 0.356 e. The Morgan fingerprint density at radius 3 is 2.62 bits per heavy atom. The summed E-state index contributed by atoms with van der Waals surface area (Å²) < 4.78 is 41.6. The van der Waals surface area contributed by atoms with Crippen molar-refractivity contribution in [3.63, 3.8) is 0 Å². The van der Waals surface area contributed by atoms with Crippen LogP contribution in [0.5, 0.6) is 0 Å². The molecule has 1 fully saturated rings. The van der Waals surface area contributed by atoms with Crippen LogP contribution < -0.4 is 10.6 Å². The number of ketones is 1. The van der Waals surface area contributed by atoms with Crippen LogP contribution in [0, 0.1) is 5.82 Å². The van der Waals surface area contributed by atoms with E-state index in [9.17, 15) is 37.5 Å². The highest BCUT2D eigenvalue weighted by atomic mass is 35.5. The number of hydrogen-bond donors (Lipinski definition) is 3. The van der Waals surface area contributed by atoms with Crippen LogP contribution in [-0.4, -0.2) is 55.6 Å². The van der Waals surface area contributed by atoms with Gasteiger partial charge in [0.15, 0.2) is 5.78 Å². The molecular weight excluding hydrogens is 531 g/mol. The van der Waals surface area contributed by atoms with Gasteiger partial charge >= 0.3 is 7.60 Å². The number of benzene rings is 2. The second-order valence-corrected chi connectivity index (χ2v) is 10.8. The molecule has 2 atom stereocenters. The molecule has 1 aromatic heterocycles. The Balaban J connectivity index is 1.57. The number of carbonyl (C=O) groups is 3. The highest BCUT2D eigenvalue weighted by Crippen LogP contribution is 2.35. The van der Waals surface area contributed by atoms with Crippen molar-refractivity contribution in [3.8, 4) is 0 Å². The summed E-state index contributed by atoms with van der Waals surface area (Å²) in [5.41, 5.74) is 0.598. The molecule has 3 N–H and O–H groups in total. The van der Waals surface area contributed by atoms with Gasteiger partial charge in [0.2, 0.25) is 11.8 Å². The van der Waals surface area contributed by atoms with E-state index in [0.717, 1.165) is 4.90 Å². The second-order valence-electron chi connectivity index (χ2n) is 8.80. The van der Waals surface area contributed by atoms with E-state index in [1.165, 1.54) is 54.1 Å². The van der Waals surface area contributed by atoms with E-state index >= 15 is 0 Å². The molecule has 2 heterocycles. The molecule has 9 nitrogen and oxygen atoms in total. The second kappa shape index (κ2) is 10.3. The Labute approximate surface area is 215 Å². The average Bonchev–Trinajstić information content (AvgIpc) is 3.40. The molecule has 3 aromatic rings. The minimum Gasteiger partial charge on any atom is -0.350 e. The molecule has 0 saturated carbocycles. The van der Waals surface area contributed by atoms with Crippen molar-refractivity contribution in [1.82, 2.24) is 14.8 Å². The molecule has 13 heteroatoms. The van der Waals surface area contributed by atoms with Crippen molar-refractivity contribution in [3.05, 3.63) is 64.6 Å². The van der Waals surface area contributed by atoms with Gasteiger partial charge in [0.1, 0.15) is 24.6 Å². The Morgan fingerprint density at radius 2 is 1.95 bits per heavy atom. The molecule has 2 amide bonds. The fourth-order valence-corrected chi connectivity index (χ4v) is 5.16. The molecular formula is C24H23ClF2N3O6P. The van der Waals surface area contributed by atoms with E-state index in [4.69, 9.17) is 11.6 Å². The zero-order valence-corrected chi connectivity index (χ0v) is 21.2. The third kappa shape index (κ3) is 5.60. The molecule has 4 rings (SSSR count). The number of carbonyl (C=O) groups excluding carboxylic acids is 3. The van der Waals surface area contributed by atoms with E-state index in [1.807, 2.05) is 0 Å². The van der Waals surface area contributed by atoms with E-state index in [-0.39, 0.29) is 52.3 Å². The highest BCUT2D eigenvalue weighted by Gasteiger charge is 2.40. The average molecular weight is 554 g/mol. The number of Topliss-reactive ketones (excluding diaryl/α,β-unsaturated/α-hetero) is 1. The molecule has 1 unspecified atom stereocenters. The van der Waals surface area contributed by atoms with Gasteiger partial charge in [-0.25, -0.2) is 8.78 Å². The molecule has 0 bridgehead atoms. The summed E-state index contributed by atoms with van der Waals surface area (Å²) in [6.45, 7) is 0.355. The minimum absolute atomic E-state index is 0.112. The van der Waals surface area contributed by atoms with Crippen LogP contribution in [0.3, 0.4) is 0 Å². The normalized spacial score (nSPS) is 17.8. The van der Waals surface area contributed by atoms with Gasteiger partial charge < -0.3 is 24.6 Å². The fraction of sp³-hybridized carbons (Fsp3) is 0.292. The summed E-state index contributed by atoms with van der Waals surface area (Å²) in [5.74, 6) is -2.32. The lowest BCUT2D eigenvalue weighted by molar-refractivity contribution is -0.139. The third-order valence-electron chi connectivity index (χ3n) is 6.24. The molecule has 1 aliphatic heterocycles. The van der Waals surface area contributed by atoms with Crippen LogP contribution in [0.4, 0.5) is 8.78 Å². The molecule has 0 radical (unpaired) electrons. The number of alkyl halides is 1. The molecule has 0 aliphatic carbocycles. The SMILES string of the molecule is CC(=O)c1cn(CC(=O)N2C[C@H](F)CC2C(=O)NCc2cccc(Cl)c2F)c2cc(P(=O)(O)O)ccc12. The van der Waals surface area contributed by atoms with E-state index < -0.39 is 44.0 Å². The monoisotopic (exact) mass is 553 g/mol. The lowest BCUT2D eigenvalue weighted by Crippen LogP contribution is -2.46. The van der Waals surface area contributed by atoms with Gasteiger partial charge in [-0.05, 0) is 25.1 Å². The Hall–Kier alpha value is -3.11. The van der Waals surface area contributed by atoms with E-state index in [0.29, 0.717) is 5.39 Å². The van der Waals surface area contributed by atoms with Crippen LogP contribution in [0.1, 0.15) is 29.3 Å². The predicted octanol–water partition coefficient (Wildman–Crippen LogP) is 2.69. The van der Waals surface area contributed by atoms with Crippen LogP contribution in [-0.2, 0) is 27.2 Å². The zero-order valence-electron chi connectivity index (χ0n) is 19.5. The van der Waals surface area contributed by atoms with Crippen molar-refractivity contribution in [2.45, 2.75) is 38.6 Å². The summed E-state index contributed by atoms with van der Waals surface area (Å²) in [6, 6.07) is 6.96. The number of nitrogens with zero attached hydrogens (tertiary/aromatic N) is 2. The Morgan fingerprint density at radius 1 is 1.22 bits per heavy atom. The van der Waals surface area contributed by atoms with Crippen molar-refractivity contribution >= 4 is 53.0 Å². The van der Waals surface area contributed by atoms with Crippen molar-refractivity contribution in [2.24, 2.45) is 0 Å². The first-order valence-electron chi connectivity index (χ1n) is 11.2. The minimum atomic E-state index is -4.61. The van der Waals surface area contributed by atoms with Crippen LogP contribution >= 0.6 is 19.2 Å². The highest BCUT2D eigenvalue weighted by molar-refractivity contribution is 7.60. The molecule has 37 heavy (non-hydrogen) atoms. The number of rotatable bonds is 7. The topological polar surface area (TPSA) is 129 Å². The maximum atomic E-state index is 14.3. The first kappa shape index (κ1) is 26.9. The molecule has 2 aromatic carbocycles. The maximum Gasteiger partial charge on any atom is 0.356 e. The van der Waals surface area contributed by atoms with Gasteiger partial charge in [0, 0.05) is 35.7 Å². The number of likely N-dealkylation sites (tertiary alicyclic amines) is 1. The fourth-order valence-electron chi connectivity index (χ4n) is 4.40. The van der Waals surface area contributed by atoms with Crippen LogP contribution in [0.2, 0.25) is 5.02 Å². The summed E-state index contributed by atoms with van der Waals surface area (Å²) in [7, 11) is -4.61. The first-order chi connectivity index (χ1) is 17.4. The first-order valence-corrected chi connectivity index (χ1v) is 13.2. The van der Waals surface area contributed by atoms with E-state index in [1.54, 1.807) is 0 Å². The molecule has 1 saturated heterocycles. The lowest BCUT2D eigenvalue weighted by Gasteiger charge is -2.24. The molecule has 1 aliphatic rings. The number of amides is 2. The van der Waals surface area contributed by atoms with Gasteiger partial charge in [-0.1, -0.05) is 29.8 Å². The summed E-state index contributed by atoms with van der Waals surface area (Å²) in [6.07, 6.45) is -0.324. The van der Waals surface area contributed by atoms with Crippen LogP contribution in [0.25, 0.3) is 10.9 Å². The number of nitrogens with one attached hydrogen (secondary N) is 1. The summed E-state index contributed by atoms with van der Waals surface area (Å²) in [4.78, 5) is 58.3. The quantitative estimate of drug-likeness (QED) is 0.305. The number of hydrogen-bond acceptors (Lipinski definition) is 4. The maximum absolute atomic E-state index is 14.3. The number of aromatic nitrogens is 1.